The molecule has 24 heavy (non-hydrogen) atoms. The molecule has 0 aliphatic carbocycles. The van der Waals surface area contributed by atoms with Gasteiger partial charge >= 0.3 is 12.1 Å². The molecule has 126 valence electrons. The van der Waals surface area contributed by atoms with E-state index in [0.29, 0.717) is 0 Å². The molecule has 0 radical (unpaired) electrons. The zero-order valence-corrected chi connectivity index (χ0v) is 13.8. The predicted octanol–water partition coefficient (Wildman–Crippen LogP) is 3.23. The van der Waals surface area contributed by atoms with Crippen LogP contribution in [0.2, 0.25) is 0 Å². The van der Waals surface area contributed by atoms with E-state index in [2.05, 4.69) is 5.32 Å². The van der Waals surface area contributed by atoms with Gasteiger partial charge in [0, 0.05) is 6.42 Å². The van der Waals surface area contributed by atoms with Gasteiger partial charge in [-0.15, -0.1) is 0 Å². The van der Waals surface area contributed by atoms with E-state index in [9.17, 15) is 14.7 Å². The topological polar surface area (TPSA) is 75.6 Å². The normalized spacial score (nSPS) is 11.6. The maximum Gasteiger partial charge on any atom is 0.408 e. The van der Waals surface area contributed by atoms with Gasteiger partial charge in [-0.1, -0.05) is 48.5 Å². The molecule has 5 heteroatoms. The van der Waals surface area contributed by atoms with Crippen molar-refractivity contribution in [3.63, 3.8) is 0 Å². The summed E-state index contributed by atoms with van der Waals surface area (Å²) in [5, 5.41) is 11.8. The van der Waals surface area contributed by atoms with Gasteiger partial charge < -0.3 is 15.2 Å². The standard InChI is InChI=1S/C19H21NO4/c1-13-7-6-8-14(2)16(13)11-17(18(21)22)20-19(23)24-12-15-9-4-3-5-10-15/h3-10,17H,11-12H2,1-2H3,(H,20,23)(H,21,22)/t17-/m1/s1. The second-order valence-electron chi connectivity index (χ2n) is 5.67. The van der Waals surface area contributed by atoms with Crippen LogP contribution in [-0.4, -0.2) is 23.2 Å². The third-order valence-electron chi connectivity index (χ3n) is 3.86. The number of benzene rings is 2. The fraction of sp³-hybridized carbons (Fsp3) is 0.263. The van der Waals surface area contributed by atoms with E-state index in [1.807, 2.05) is 62.4 Å². The zero-order chi connectivity index (χ0) is 17.5. The Labute approximate surface area is 141 Å². The highest BCUT2D eigenvalue weighted by Gasteiger charge is 2.22. The molecule has 0 saturated carbocycles. The van der Waals surface area contributed by atoms with Crippen molar-refractivity contribution in [3.05, 3.63) is 70.8 Å². The third-order valence-corrected chi connectivity index (χ3v) is 3.86. The Kier molecular flexibility index (Phi) is 5.95. The molecule has 0 aromatic heterocycles. The summed E-state index contributed by atoms with van der Waals surface area (Å²) in [6.07, 6.45) is -0.522. The first-order valence-corrected chi connectivity index (χ1v) is 7.72. The molecule has 0 fully saturated rings. The molecule has 0 heterocycles. The Balaban J connectivity index is 1.98. The number of alkyl carbamates (subject to hydrolysis) is 1. The summed E-state index contributed by atoms with van der Waals surface area (Å²) < 4.78 is 5.09. The molecule has 0 spiro atoms. The van der Waals surface area contributed by atoms with Crippen LogP contribution in [0.1, 0.15) is 22.3 Å². The van der Waals surface area contributed by atoms with E-state index < -0.39 is 18.1 Å². The third kappa shape index (κ3) is 4.84. The Morgan fingerprint density at radius 2 is 1.67 bits per heavy atom. The molecule has 2 aromatic rings. The van der Waals surface area contributed by atoms with Crippen molar-refractivity contribution in [1.29, 1.82) is 0 Å². The maximum atomic E-state index is 11.9. The average molecular weight is 327 g/mol. The first kappa shape index (κ1) is 17.5. The van der Waals surface area contributed by atoms with E-state index in [1.165, 1.54) is 0 Å². The van der Waals surface area contributed by atoms with Gasteiger partial charge in [0.1, 0.15) is 12.6 Å². The number of amides is 1. The number of nitrogens with one attached hydrogen (secondary N) is 1. The predicted molar refractivity (Wildman–Crippen MR) is 90.8 cm³/mol. The summed E-state index contributed by atoms with van der Waals surface area (Å²) in [5.74, 6) is -1.09. The molecule has 0 bridgehead atoms. The van der Waals surface area contributed by atoms with Crippen molar-refractivity contribution in [1.82, 2.24) is 5.32 Å². The summed E-state index contributed by atoms with van der Waals surface area (Å²) in [4.78, 5) is 23.4. The minimum atomic E-state index is -1.09. The van der Waals surface area contributed by atoms with Gasteiger partial charge in [0.2, 0.25) is 0 Å². The minimum absolute atomic E-state index is 0.0996. The van der Waals surface area contributed by atoms with Crippen molar-refractivity contribution in [2.75, 3.05) is 0 Å². The number of aryl methyl sites for hydroxylation is 2. The smallest absolute Gasteiger partial charge is 0.408 e. The van der Waals surface area contributed by atoms with Crippen molar-refractivity contribution in [2.24, 2.45) is 0 Å². The van der Waals surface area contributed by atoms with Crippen LogP contribution in [0.3, 0.4) is 0 Å². The number of hydrogen-bond acceptors (Lipinski definition) is 3. The van der Waals surface area contributed by atoms with Gasteiger partial charge in [-0.2, -0.15) is 0 Å². The fourth-order valence-electron chi connectivity index (χ4n) is 2.48. The lowest BCUT2D eigenvalue weighted by atomic mass is 9.96. The number of rotatable bonds is 6. The van der Waals surface area contributed by atoms with Crippen LogP contribution in [-0.2, 0) is 22.6 Å². The first-order valence-electron chi connectivity index (χ1n) is 7.72. The van der Waals surface area contributed by atoms with Gasteiger partial charge in [0.15, 0.2) is 0 Å². The number of carboxylic acid groups (broad SMARTS) is 1. The summed E-state index contributed by atoms with van der Waals surface area (Å²) in [7, 11) is 0. The molecule has 0 aliphatic rings. The second kappa shape index (κ2) is 8.15. The summed E-state index contributed by atoms with van der Waals surface area (Å²) >= 11 is 0. The minimum Gasteiger partial charge on any atom is -0.480 e. The molecular formula is C19H21NO4. The van der Waals surface area contributed by atoms with Crippen LogP contribution in [0.4, 0.5) is 4.79 Å². The zero-order valence-electron chi connectivity index (χ0n) is 13.8. The van der Waals surface area contributed by atoms with Gasteiger partial charge in [0.05, 0.1) is 0 Å². The maximum absolute atomic E-state index is 11.9. The van der Waals surface area contributed by atoms with Gasteiger partial charge in [-0.25, -0.2) is 9.59 Å². The number of carboxylic acids is 1. The summed E-state index contributed by atoms with van der Waals surface area (Å²) in [6, 6.07) is 14.0. The molecular weight excluding hydrogens is 306 g/mol. The molecule has 1 amide bonds. The van der Waals surface area contributed by atoms with Crippen LogP contribution < -0.4 is 5.32 Å². The van der Waals surface area contributed by atoms with E-state index in [4.69, 9.17) is 4.74 Å². The second-order valence-corrected chi connectivity index (χ2v) is 5.67. The fourth-order valence-corrected chi connectivity index (χ4v) is 2.48. The van der Waals surface area contributed by atoms with Crippen LogP contribution in [0.25, 0.3) is 0 Å². The lowest BCUT2D eigenvalue weighted by Gasteiger charge is -2.17. The van der Waals surface area contributed by atoms with Crippen LogP contribution in [0.15, 0.2) is 48.5 Å². The van der Waals surface area contributed by atoms with Gasteiger partial charge in [-0.05, 0) is 36.1 Å². The molecule has 0 aliphatic heterocycles. The number of carbonyl (C=O) groups is 2. The van der Waals surface area contributed by atoms with E-state index in [0.717, 1.165) is 22.3 Å². The number of ether oxygens (including phenoxy) is 1. The molecule has 5 nitrogen and oxygen atoms in total. The molecule has 2 rings (SSSR count). The van der Waals surface area contributed by atoms with Crippen molar-refractivity contribution in [2.45, 2.75) is 32.9 Å². The largest absolute Gasteiger partial charge is 0.480 e. The summed E-state index contributed by atoms with van der Waals surface area (Å²) in [5.41, 5.74) is 3.77. The highest BCUT2D eigenvalue weighted by Crippen LogP contribution is 2.15. The number of hydrogen-bond donors (Lipinski definition) is 2. The lowest BCUT2D eigenvalue weighted by molar-refractivity contribution is -0.139. The Hall–Kier alpha value is -2.82. The molecule has 0 saturated heterocycles. The van der Waals surface area contributed by atoms with Crippen LogP contribution >= 0.6 is 0 Å². The molecule has 1 atom stereocenters. The van der Waals surface area contributed by atoms with E-state index >= 15 is 0 Å². The number of aliphatic carboxylic acids is 1. The van der Waals surface area contributed by atoms with Crippen LogP contribution in [0.5, 0.6) is 0 Å². The Bertz CT molecular complexity index is 692. The monoisotopic (exact) mass is 327 g/mol. The van der Waals surface area contributed by atoms with Gasteiger partial charge in [-0.3, -0.25) is 0 Å². The van der Waals surface area contributed by atoms with Crippen molar-refractivity contribution < 1.29 is 19.4 Å². The first-order chi connectivity index (χ1) is 11.5. The van der Waals surface area contributed by atoms with E-state index in [1.54, 1.807) is 0 Å². The molecule has 2 N–H and O–H groups in total. The molecule has 2 aromatic carbocycles. The lowest BCUT2D eigenvalue weighted by Crippen LogP contribution is -2.42. The van der Waals surface area contributed by atoms with Crippen molar-refractivity contribution >= 4 is 12.1 Å². The van der Waals surface area contributed by atoms with Crippen LogP contribution in [0, 0.1) is 13.8 Å². The molecule has 0 unspecified atom stereocenters. The number of carbonyl (C=O) groups excluding carboxylic acids is 1. The highest BCUT2D eigenvalue weighted by atomic mass is 16.5. The average Bonchev–Trinajstić information content (AvgIpc) is 2.56. The Morgan fingerprint density at radius 3 is 2.25 bits per heavy atom. The highest BCUT2D eigenvalue weighted by molar-refractivity contribution is 5.80. The van der Waals surface area contributed by atoms with E-state index in [-0.39, 0.29) is 13.0 Å². The SMILES string of the molecule is Cc1cccc(C)c1C[C@@H](NC(=O)OCc1ccccc1)C(=O)O. The quantitative estimate of drug-likeness (QED) is 0.854. The van der Waals surface area contributed by atoms with Crippen molar-refractivity contribution in [3.8, 4) is 0 Å². The summed E-state index contributed by atoms with van der Waals surface area (Å²) in [6.45, 7) is 3.95. The Morgan fingerprint density at radius 1 is 1.04 bits per heavy atom. The van der Waals surface area contributed by atoms with Gasteiger partial charge in [0.25, 0.3) is 0 Å².